The third-order valence-electron chi connectivity index (χ3n) is 7.57. The second-order valence-electron chi connectivity index (χ2n) is 10.7. The van der Waals surface area contributed by atoms with Gasteiger partial charge in [-0.1, -0.05) is 53.4 Å². The maximum Gasteiger partial charge on any atom is 0.489 e. The third kappa shape index (κ3) is 8.03. The molecule has 0 fully saturated rings. The van der Waals surface area contributed by atoms with Gasteiger partial charge in [-0.3, -0.25) is 14.2 Å². The lowest BCUT2D eigenvalue weighted by Crippen LogP contribution is -2.53. The van der Waals surface area contributed by atoms with Crippen LogP contribution in [0.1, 0.15) is 37.3 Å². The lowest BCUT2D eigenvalue weighted by atomic mass is 9.99. The number of hydrogen-bond donors (Lipinski definition) is 2. The number of benzene rings is 2. The minimum Gasteiger partial charge on any atom is -0.453 e. The number of anilines is 1. The largest absolute Gasteiger partial charge is 0.489 e. The van der Waals surface area contributed by atoms with Gasteiger partial charge in [0, 0.05) is 28.9 Å². The molecule has 0 unspecified atom stereocenters. The maximum absolute atomic E-state index is 13.7. The Labute approximate surface area is 276 Å². The van der Waals surface area contributed by atoms with Gasteiger partial charge in [0.15, 0.2) is 5.15 Å². The Balaban J connectivity index is 1.49. The standard InChI is InChI=1S/C30H29Cl2F3N8O4/c1-47-29(46)42(30(33,34)35)15-23-28(45)36-11-4-2-3-8-24(18-6-5-7-20(12-18)38-23)41-17-37-22(14-27(41)44)21-13-19(31)9-10-25(21)43-16-26(32)39-40-43/h5-7,9-10,12-14,16-17,23-24,38H,2-4,8,11,15H2,1H3,(H,36,45)/t23-,24+/m1/s1. The van der Waals surface area contributed by atoms with E-state index in [1.807, 2.05) is 0 Å². The van der Waals surface area contributed by atoms with Gasteiger partial charge in [0.1, 0.15) is 6.04 Å². The molecule has 248 valence electrons. The smallest absolute Gasteiger partial charge is 0.453 e. The zero-order valence-electron chi connectivity index (χ0n) is 24.9. The molecule has 5 rings (SSSR count). The molecule has 4 aromatic rings. The number of methoxy groups -OCH3 is 1. The summed E-state index contributed by atoms with van der Waals surface area (Å²) < 4.78 is 48.4. The van der Waals surface area contributed by atoms with Crippen LogP contribution in [0.2, 0.25) is 10.2 Å². The van der Waals surface area contributed by atoms with Crippen LogP contribution < -0.4 is 16.2 Å². The van der Waals surface area contributed by atoms with Gasteiger partial charge < -0.3 is 15.4 Å². The van der Waals surface area contributed by atoms with E-state index in [4.69, 9.17) is 23.2 Å². The summed E-state index contributed by atoms with van der Waals surface area (Å²) in [6.07, 6.45) is -1.38. The number of rotatable bonds is 5. The van der Waals surface area contributed by atoms with E-state index in [0.717, 1.165) is 7.11 Å². The van der Waals surface area contributed by atoms with Gasteiger partial charge in [-0.2, -0.15) is 0 Å². The second-order valence-corrected chi connectivity index (χ2v) is 11.5. The number of fused-ring (bicyclic) bond motifs is 2. The Kier molecular flexibility index (Phi) is 10.3. The molecule has 2 N–H and O–H groups in total. The lowest BCUT2D eigenvalue weighted by molar-refractivity contribution is -0.229. The first kappa shape index (κ1) is 33.7. The zero-order chi connectivity index (χ0) is 33.7. The maximum atomic E-state index is 13.7. The number of amides is 2. The summed E-state index contributed by atoms with van der Waals surface area (Å²) in [5.74, 6) is -0.714. The van der Waals surface area contributed by atoms with Crippen LogP contribution in [0.25, 0.3) is 16.9 Å². The highest BCUT2D eigenvalue weighted by Gasteiger charge is 2.44. The molecule has 0 saturated carbocycles. The molecule has 0 spiro atoms. The minimum atomic E-state index is -5.09. The van der Waals surface area contributed by atoms with Crippen molar-refractivity contribution in [2.75, 3.05) is 25.5 Å². The van der Waals surface area contributed by atoms with Crippen LogP contribution in [0, 0.1) is 0 Å². The highest BCUT2D eigenvalue weighted by Crippen LogP contribution is 2.30. The van der Waals surface area contributed by atoms with E-state index >= 15 is 0 Å². The first-order valence-corrected chi connectivity index (χ1v) is 15.2. The average molecular weight is 694 g/mol. The molecule has 3 heterocycles. The van der Waals surface area contributed by atoms with Gasteiger partial charge in [0.2, 0.25) is 5.91 Å². The summed E-state index contributed by atoms with van der Waals surface area (Å²) in [6, 6.07) is 11.1. The van der Waals surface area contributed by atoms with Gasteiger partial charge in [0.25, 0.3) is 5.56 Å². The van der Waals surface area contributed by atoms with Crippen LogP contribution in [0.3, 0.4) is 0 Å². The fraction of sp³-hybridized carbons (Fsp3) is 0.333. The number of aromatic nitrogens is 5. The van der Waals surface area contributed by atoms with E-state index in [-0.39, 0.29) is 17.3 Å². The summed E-state index contributed by atoms with van der Waals surface area (Å²) in [5, 5.41) is 13.9. The molecule has 2 aromatic carbocycles. The fourth-order valence-corrected chi connectivity index (χ4v) is 5.61. The molecule has 2 amide bonds. The Morgan fingerprint density at radius 3 is 2.62 bits per heavy atom. The predicted molar refractivity (Wildman–Crippen MR) is 168 cm³/mol. The molecule has 0 radical (unpaired) electrons. The summed E-state index contributed by atoms with van der Waals surface area (Å²) in [4.78, 5) is 42.8. The Hall–Kier alpha value is -4.63. The normalized spacial score (nSPS) is 17.4. The molecule has 1 aliphatic heterocycles. The van der Waals surface area contributed by atoms with Crippen molar-refractivity contribution < 1.29 is 27.5 Å². The van der Waals surface area contributed by atoms with Crippen LogP contribution in [0.4, 0.5) is 23.7 Å². The number of carbonyl (C=O) groups is 2. The second kappa shape index (κ2) is 14.4. The quantitative estimate of drug-likeness (QED) is 0.264. The first-order valence-electron chi connectivity index (χ1n) is 14.5. The van der Waals surface area contributed by atoms with Crippen molar-refractivity contribution in [2.24, 2.45) is 0 Å². The molecule has 0 saturated heterocycles. The molecule has 0 aliphatic carbocycles. The number of alkyl halides is 3. The summed E-state index contributed by atoms with van der Waals surface area (Å²) in [6.45, 7) is -0.828. The van der Waals surface area contributed by atoms with Gasteiger partial charge in [-0.15, -0.1) is 18.3 Å². The van der Waals surface area contributed by atoms with Crippen molar-refractivity contribution >= 4 is 40.9 Å². The number of nitrogens with one attached hydrogen (secondary N) is 2. The van der Waals surface area contributed by atoms with E-state index in [1.54, 1.807) is 42.5 Å². The molecule has 2 aromatic heterocycles. The van der Waals surface area contributed by atoms with Gasteiger partial charge in [-0.25, -0.2) is 19.4 Å². The molecule has 12 nitrogen and oxygen atoms in total. The van der Waals surface area contributed by atoms with Gasteiger partial charge in [-0.05, 0) is 48.7 Å². The number of carbonyl (C=O) groups excluding carboxylic acids is 2. The van der Waals surface area contributed by atoms with Crippen molar-refractivity contribution in [3.8, 4) is 16.9 Å². The van der Waals surface area contributed by atoms with E-state index in [2.05, 4.69) is 30.7 Å². The van der Waals surface area contributed by atoms with Crippen LogP contribution in [0.15, 0.2) is 65.8 Å². The average Bonchev–Trinajstić information content (AvgIpc) is 3.47. The fourth-order valence-electron chi connectivity index (χ4n) is 5.31. The van der Waals surface area contributed by atoms with Crippen molar-refractivity contribution in [1.82, 2.24) is 34.8 Å². The molecular weight excluding hydrogens is 664 g/mol. The Bertz CT molecular complexity index is 1820. The summed E-state index contributed by atoms with van der Waals surface area (Å²) >= 11 is 12.3. The topological polar surface area (TPSA) is 136 Å². The van der Waals surface area contributed by atoms with E-state index in [1.165, 1.54) is 27.8 Å². The summed E-state index contributed by atoms with van der Waals surface area (Å²) in [5.41, 5.74) is 2.01. The van der Waals surface area contributed by atoms with Crippen molar-refractivity contribution in [3.05, 3.63) is 87.1 Å². The predicted octanol–water partition coefficient (Wildman–Crippen LogP) is 5.45. The Morgan fingerprint density at radius 1 is 1.11 bits per heavy atom. The van der Waals surface area contributed by atoms with Crippen molar-refractivity contribution in [3.63, 3.8) is 0 Å². The summed E-state index contributed by atoms with van der Waals surface area (Å²) in [7, 11) is 0.826. The molecule has 2 bridgehead atoms. The van der Waals surface area contributed by atoms with E-state index < -0.39 is 41.8 Å². The van der Waals surface area contributed by atoms with Crippen LogP contribution in [-0.2, 0) is 9.53 Å². The van der Waals surface area contributed by atoms with Gasteiger partial charge >= 0.3 is 12.4 Å². The van der Waals surface area contributed by atoms with Crippen LogP contribution in [-0.4, -0.2) is 74.0 Å². The highest BCUT2D eigenvalue weighted by atomic mass is 35.5. The number of ether oxygens (including phenoxy) is 1. The molecule has 47 heavy (non-hydrogen) atoms. The van der Waals surface area contributed by atoms with Gasteiger partial charge in [0.05, 0.1) is 43.6 Å². The van der Waals surface area contributed by atoms with E-state index in [9.17, 15) is 27.6 Å². The van der Waals surface area contributed by atoms with E-state index in [0.29, 0.717) is 58.9 Å². The van der Waals surface area contributed by atoms with Crippen molar-refractivity contribution in [2.45, 2.75) is 44.1 Å². The third-order valence-corrected chi connectivity index (χ3v) is 7.98. The highest BCUT2D eigenvalue weighted by molar-refractivity contribution is 6.31. The van der Waals surface area contributed by atoms with Crippen molar-refractivity contribution in [1.29, 1.82) is 0 Å². The number of nitrogens with zero attached hydrogens (tertiary/aromatic N) is 6. The minimum absolute atomic E-state index is 0.178. The number of hydrogen-bond acceptors (Lipinski definition) is 8. The molecule has 1 aliphatic rings. The Morgan fingerprint density at radius 2 is 1.91 bits per heavy atom. The van der Waals surface area contributed by atoms with Crippen LogP contribution in [0.5, 0.6) is 0 Å². The van der Waals surface area contributed by atoms with Crippen LogP contribution >= 0.6 is 23.2 Å². The molecule has 17 heteroatoms. The lowest BCUT2D eigenvalue weighted by Gasteiger charge is -2.28. The first-order chi connectivity index (χ1) is 22.4. The molecular formula is C30H29Cl2F3N8O4. The number of halogens is 5. The molecule has 2 atom stereocenters. The SMILES string of the molecule is COC(=O)N(C[C@H]1Nc2cccc(c2)[C@@H](n2cnc(-c3cc(Cl)ccc3-n3cc(Cl)nn3)cc2=O)CCCCCNC1=O)C(F)(F)F. The monoisotopic (exact) mass is 692 g/mol. The zero-order valence-corrected chi connectivity index (χ0v) is 26.4.